The second-order valence-corrected chi connectivity index (χ2v) is 7.51. The summed E-state index contributed by atoms with van der Waals surface area (Å²) >= 11 is 9.59. The van der Waals surface area contributed by atoms with Crippen molar-refractivity contribution in [2.24, 2.45) is 0 Å². The summed E-state index contributed by atoms with van der Waals surface area (Å²) in [5.74, 6) is 1.13. The highest BCUT2D eigenvalue weighted by Gasteiger charge is 2.09. The molecule has 0 aliphatic rings. The van der Waals surface area contributed by atoms with Gasteiger partial charge in [0, 0.05) is 22.8 Å². The predicted octanol–water partition coefficient (Wildman–Crippen LogP) is 5.80. The maximum atomic E-state index is 12.3. The number of ether oxygens (including phenoxy) is 2. The summed E-state index contributed by atoms with van der Waals surface area (Å²) in [6, 6.07) is 12.8. The first-order valence-corrected chi connectivity index (χ1v) is 10.2. The number of allylic oxidation sites excluding steroid dienone is 1. The highest BCUT2D eigenvalue weighted by atomic mass is 79.9. The summed E-state index contributed by atoms with van der Waals surface area (Å²) in [6.07, 6.45) is 5.06. The number of carbonyl (C=O) groups excluding carboxylic acids is 1. The zero-order valence-electron chi connectivity index (χ0n) is 16.1. The smallest absolute Gasteiger partial charge is 0.206 e. The Balaban J connectivity index is 1.74. The van der Waals surface area contributed by atoms with Crippen LogP contribution in [0.4, 0.5) is 0 Å². The fraction of sp³-hybridized carbons (Fsp3) is 0.182. The maximum Gasteiger partial charge on any atom is 0.206 e. The van der Waals surface area contributed by atoms with E-state index in [1.807, 2.05) is 31.2 Å². The summed E-state index contributed by atoms with van der Waals surface area (Å²) in [6.45, 7) is 2.97. The molecule has 29 heavy (non-hydrogen) atoms. The van der Waals surface area contributed by atoms with E-state index in [1.54, 1.807) is 42.3 Å². The van der Waals surface area contributed by atoms with Crippen molar-refractivity contribution in [2.75, 3.05) is 7.11 Å². The molecule has 5 nitrogen and oxygen atoms in total. The van der Waals surface area contributed by atoms with E-state index in [4.69, 9.17) is 21.1 Å². The highest BCUT2D eigenvalue weighted by Crippen LogP contribution is 2.30. The molecule has 0 radical (unpaired) electrons. The van der Waals surface area contributed by atoms with Crippen molar-refractivity contribution in [1.29, 1.82) is 0 Å². The summed E-state index contributed by atoms with van der Waals surface area (Å²) in [4.78, 5) is 12.3. The molecule has 0 fully saturated rings. The average molecular weight is 476 g/mol. The molecule has 0 aliphatic heterocycles. The minimum absolute atomic E-state index is 0.146. The second-order valence-electron chi connectivity index (χ2n) is 6.19. The number of ketones is 1. The molecule has 0 aliphatic carbocycles. The van der Waals surface area contributed by atoms with Crippen LogP contribution in [0, 0.1) is 0 Å². The Kier molecular flexibility index (Phi) is 7.12. The van der Waals surface area contributed by atoms with Crippen molar-refractivity contribution in [1.82, 2.24) is 9.78 Å². The molecule has 0 saturated heterocycles. The van der Waals surface area contributed by atoms with Crippen LogP contribution in [0.15, 0.2) is 59.2 Å². The first kappa shape index (κ1) is 21.1. The molecule has 0 saturated carbocycles. The molecule has 3 rings (SSSR count). The summed E-state index contributed by atoms with van der Waals surface area (Å²) in [7, 11) is 1.61. The molecule has 3 aromatic rings. The molecule has 0 amide bonds. The van der Waals surface area contributed by atoms with E-state index in [-0.39, 0.29) is 12.4 Å². The SMILES string of the molecule is CCn1ccc(C(=O)/C=C/c2ccc(OC)c(COc3ccc(Br)cc3Cl)c2)n1. The first-order valence-electron chi connectivity index (χ1n) is 9.00. The molecule has 150 valence electrons. The van der Waals surface area contributed by atoms with Crippen LogP contribution in [0.2, 0.25) is 5.02 Å². The van der Waals surface area contributed by atoms with Gasteiger partial charge in [0.15, 0.2) is 0 Å². The predicted molar refractivity (Wildman–Crippen MR) is 118 cm³/mol. The van der Waals surface area contributed by atoms with Crippen molar-refractivity contribution >= 4 is 39.4 Å². The zero-order valence-corrected chi connectivity index (χ0v) is 18.4. The Hall–Kier alpha value is -2.57. The van der Waals surface area contributed by atoms with Gasteiger partial charge in [-0.3, -0.25) is 9.48 Å². The van der Waals surface area contributed by atoms with E-state index in [9.17, 15) is 4.79 Å². The first-order chi connectivity index (χ1) is 14.0. The van der Waals surface area contributed by atoms with E-state index in [0.29, 0.717) is 22.2 Å². The van der Waals surface area contributed by atoms with Crippen LogP contribution in [0.25, 0.3) is 6.08 Å². The lowest BCUT2D eigenvalue weighted by atomic mass is 10.1. The van der Waals surface area contributed by atoms with E-state index in [0.717, 1.165) is 22.1 Å². The molecule has 2 aromatic carbocycles. The normalized spacial score (nSPS) is 11.0. The zero-order chi connectivity index (χ0) is 20.8. The van der Waals surface area contributed by atoms with Gasteiger partial charge in [0.1, 0.15) is 23.8 Å². The third-order valence-corrected chi connectivity index (χ3v) is 5.01. The number of carbonyl (C=O) groups is 1. The van der Waals surface area contributed by atoms with Gasteiger partial charge in [-0.05, 0) is 55.0 Å². The average Bonchev–Trinajstić information content (AvgIpc) is 3.21. The van der Waals surface area contributed by atoms with Gasteiger partial charge in [0.05, 0.1) is 12.1 Å². The highest BCUT2D eigenvalue weighted by molar-refractivity contribution is 9.10. The van der Waals surface area contributed by atoms with Gasteiger partial charge in [-0.25, -0.2) is 0 Å². The Morgan fingerprint density at radius 3 is 2.69 bits per heavy atom. The Labute approximate surface area is 183 Å². The molecule has 0 spiro atoms. The number of aromatic nitrogens is 2. The van der Waals surface area contributed by atoms with Crippen molar-refractivity contribution < 1.29 is 14.3 Å². The third kappa shape index (κ3) is 5.49. The van der Waals surface area contributed by atoms with Crippen LogP contribution in [0.3, 0.4) is 0 Å². The molecule has 1 heterocycles. The molecule has 1 aromatic heterocycles. The van der Waals surface area contributed by atoms with E-state index in [1.165, 1.54) is 6.08 Å². The van der Waals surface area contributed by atoms with Crippen LogP contribution >= 0.6 is 27.5 Å². The molecule has 0 atom stereocenters. The number of aryl methyl sites for hydroxylation is 1. The second kappa shape index (κ2) is 9.76. The van der Waals surface area contributed by atoms with Crippen molar-refractivity contribution in [2.45, 2.75) is 20.1 Å². The molecule has 0 bridgehead atoms. The largest absolute Gasteiger partial charge is 0.496 e. The van der Waals surface area contributed by atoms with Gasteiger partial charge >= 0.3 is 0 Å². The van der Waals surface area contributed by atoms with Crippen molar-refractivity contribution in [3.63, 3.8) is 0 Å². The van der Waals surface area contributed by atoms with Gasteiger partial charge in [-0.2, -0.15) is 5.10 Å². The number of hydrogen-bond donors (Lipinski definition) is 0. The van der Waals surface area contributed by atoms with Crippen molar-refractivity contribution in [3.8, 4) is 11.5 Å². The third-order valence-electron chi connectivity index (χ3n) is 4.23. The monoisotopic (exact) mass is 474 g/mol. The van der Waals surface area contributed by atoms with Crippen LogP contribution in [-0.4, -0.2) is 22.7 Å². The number of benzene rings is 2. The Morgan fingerprint density at radius 2 is 2.00 bits per heavy atom. The molecular formula is C22H20BrClN2O3. The summed E-state index contributed by atoms with van der Waals surface area (Å²) < 4.78 is 13.9. The lowest BCUT2D eigenvalue weighted by Crippen LogP contribution is -2.01. The van der Waals surface area contributed by atoms with Crippen LogP contribution in [0.1, 0.15) is 28.5 Å². The van der Waals surface area contributed by atoms with Crippen LogP contribution in [-0.2, 0) is 13.2 Å². The molecular weight excluding hydrogens is 456 g/mol. The summed E-state index contributed by atoms with van der Waals surface area (Å²) in [5, 5.41) is 4.74. The van der Waals surface area contributed by atoms with E-state index in [2.05, 4.69) is 21.0 Å². The lowest BCUT2D eigenvalue weighted by Gasteiger charge is -2.12. The topological polar surface area (TPSA) is 53.4 Å². The van der Waals surface area contributed by atoms with Crippen molar-refractivity contribution in [3.05, 3.63) is 81.1 Å². The van der Waals surface area contributed by atoms with Crippen LogP contribution in [0.5, 0.6) is 11.5 Å². The lowest BCUT2D eigenvalue weighted by molar-refractivity contribution is 0.104. The number of hydrogen-bond acceptors (Lipinski definition) is 4. The summed E-state index contributed by atoms with van der Waals surface area (Å²) in [5.41, 5.74) is 2.12. The fourth-order valence-corrected chi connectivity index (χ4v) is 3.42. The number of methoxy groups -OCH3 is 1. The molecule has 7 heteroatoms. The Bertz CT molecular complexity index is 1050. The van der Waals surface area contributed by atoms with Gasteiger partial charge in [-0.15, -0.1) is 0 Å². The minimum atomic E-state index is -0.146. The van der Waals surface area contributed by atoms with Gasteiger partial charge in [0.2, 0.25) is 5.78 Å². The van der Waals surface area contributed by atoms with E-state index >= 15 is 0 Å². The van der Waals surface area contributed by atoms with E-state index < -0.39 is 0 Å². The number of nitrogens with zero attached hydrogens (tertiary/aromatic N) is 2. The van der Waals surface area contributed by atoms with Gasteiger partial charge in [-0.1, -0.05) is 39.7 Å². The molecule has 0 N–H and O–H groups in total. The Morgan fingerprint density at radius 1 is 1.21 bits per heavy atom. The number of rotatable bonds is 8. The van der Waals surface area contributed by atoms with Crippen LogP contribution < -0.4 is 9.47 Å². The standard InChI is InChI=1S/C22H20BrClN2O3/c1-3-26-11-10-19(25-26)20(27)7-4-15-5-8-21(28-2)16(12-15)14-29-22-9-6-17(23)13-18(22)24/h4-13H,3,14H2,1-2H3/b7-4+. The fourth-order valence-electron chi connectivity index (χ4n) is 2.69. The van der Waals surface area contributed by atoms with Gasteiger partial charge in [0.25, 0.3) is 0 Å². The number of halogens is 2. The molecule has 0 unspecified atom stereocenters. The minimum Gasteiger partial charge on any atom is -0.496 e. The quantitative estimate of drug-likeness (QED) is 0.305. The van der Waals surface area contributed by atoms with Gasteiger partial charge < -0.3 is 9.47 Å². The maximum absolute atomic E-state index is 12.3.